The van der Waals surface area contributed by atoms with Crippen LogP contribution in [0.2, 0.25) is 0 Å². The maximum atomic E-state index is 12.4. The molecule has 1 aromatic heterocycles. The average Bonchev–Trinajstić information content (AvgIpc) is 2.64. The molecule has 0 aliphatic rings. The zero-order chi connectivity index (χ0) is 17.6. The molecule has 0 unspecified atom stereocenters. The fourth-order valence-electron chi connectivity index (χ4n) is 2.13. The van der Waals surface area contributed by atoms with Gasteiger partial charge in [0, 0.05) is 31.4 Å². The van der Waals surface area contributed by atoms with Crippen LogP contribution in [0.4, 0.5) is 0 Å². The predicted molar refractivity (Wildman–Crippen MR) is 97.1 cm³/mol. The lowest BCUT2D eigenvalue weighted by atomic mass is 10.2. The minimum absolute atomic E-state index is 0.0579. The van der Waals surface area contributed by atoms with Crippen molar-refractivity contribution in [2.45, 2.75) is 9.92 Å². The normalized spacial score (nSPS) is 10.3. The number of hydrogen-bond acceptors (Lipinski definition) is 5. The predicted octanol–water partition coefficient (Wildman–Crippen LogP) is 4.12. The second-order valence-corrected chi connectivity index (χ2v) is 6.41. The number of nitrogens with zero attached hydrogens (tertiary/aromatic N) is 3. The van der Waals surface area contributed by atoms with Crippen molar-refractivity contribution in [1.29, 1.82) is 0 Å². The maximum absolute atomic E-state index is 12.4. The number of carbonyl (C=O) groups is 1. The number of carbonyl (C=O) groups excluding carboxylic acids is 1. The van der Waals surface area contributed by atoms with Crippen LogP contribution < -0.4 is 4.74 Å². The molecule has 6 heteroatoms. The summed E-state index contributed by atoms with van der Waals surface area (Å²) in [6, 6.07) is 16.8. The molecule has 2 aromatic carbocycles. The fraction of sp³-hybridized carbons (Fsp3) is 0.105. The van der Waals surface area contributed by atoms with E-state index in [-0.39, 0.29) is 5.91 Å². The Hall–Kier alpha value is -2.86. The quantitative estimate of drug-likeness (QED) is 0.692. The second kappa shape index (κ2) is 7.81. The highest BCUT2D eigenvalue weighted by Gasteiger charge is 2.16. The molecule has 0 N–H and O–H groups in total. The number of rotatable bonds is 5. The van der Waals surface area contributed by atoms with Crippen molar-refractivity contribution in [2.75, 3.05) is 14.1 Å². The molecule has 0 saturated carbocycles. The molecule has 3 rings (SSSR count). The molecule has 0 spiro atoms. The van der Waals surface area contributed by atoms with Gasteiger partial charge in [-0.25, -0.2) is 9.97 Å². The van der Waals surface area contributed by atoms with Gasteiger partial charge in [-0.2, -0.15) is 0 Å². The molecule has 0 fully saturated rings. The number of amides is 1. The molecule has 0 aliphatic heterocycles. The Balaban J connectivity index is 1.91. The van der Waals surface area contributed by atoms with Crippen molar-refractivity contribution in [3.63, 3.8) is 0 Å². The van der Waals surface area contributed by atoms with E-state index in [2.05, 4.69) is 9.97 Å². The van der Waals surface area contributed by atoms with E-state index >= 15 is 0 Å². The Morgan fingerprint density at radius 2 is 1.64 bits per heavy atom. The van der Waals surface area contributed by atoms with E-state index in [0.29, 0.717) is 22.2 Å². The number of ether oxygens (including phenoxy) is 1. The van der Waals surface area contributed by atoms with E-state index in [1.165, 1.54) is 11.8 Å². The van der Waals surface area contributed by atoms with Gasteiger partial charge in [-0.05, 0) is 24.3 Å². The smallest absolute Gasteiger partial charge is 0.254 e. The maximum Gasteiger partial charge on any atom is 0.254 e. The molecule has 1 heterocycles. The first kappa shape index (κ1) is 17.0. The zero-order valence-electron chi connectivity index (χ0n) is 13.9. The fourth-order valence-corrected chi connectivity index (χ4v) is 3.05. The van der Waals surface area contributed by atoms with Gasteiger partial charge in [0.2, 0.25) is 0 Å². The summed E-state index contributed by atoms with van der Waals surface area (Å²) >= 11 is 1.36. The summed E-state index contributed by atoms with van der Waals surface area (Å²) in [6.45, 7) is 0. The van der Waals surface area contributed by atoms with Gasteiger partial charge in [0.05, 0.1) is 5.56 Å². The Kier molecular flexibility index (Phi) is 5.30. The Morgan fingerprint density at radius 1 is 0.960 bits per heavy atom. The van der Waals surface area contributed by atoms with E-state index in [4.69, 9.17) is 4.74 Å². The largest absolute Gasteiger partial charge is 0.437 e. The van der Waals surface area contributed by atoms with E-state index in [0.717, 1.165) is 4.90 Å². The highest BCUT2D eigenvalue weighted by atomic mass is 32.2. The van der Waals surface area contributed by atoms with Crippen LogP contribution in [0.3, 0.4) is 0 Å². The first-order chi connectivity index (χ1) is 12.1. The summed E-state index contributed by atoms with van der Waals surface area (Å²) in [7, 11) is 3.46. The number of hydrogen-bond donors (Lipinski definition) is 0. The minimum Gasteiger partial charge on any atom is -0.437 e. The Labute approximate surface area is 150 Å². The molecule has 0 bridgehead atoms. The zero-order valence-corrected chi connectivity index (χ0v) is 14.7. The van der Waals surface area contributed by atoms with Crippen molar-refractivity contribution in [3.8, 4) is 11.6 Å². The van der Waals surface area contributed by atoms with Gasteiger partial charge >= 0.3 is 0 Å². The third-order valence-electron chi connectivity index (χ3n) is 3.32. The highest BCUT2D eigenvalue weighted by molar-refractivity contribution is 7.99. The van der Waals surface area contributed by atoms with Crippen molar-refractivity contribution in [3.05, 3.63) is 72.6 Å². The Bertz CT molecular complexity index is 869. The summed E-state index contributed by atoms with van der Waals surface area (Å²) in [5.74, 6) is 1.03. The first-order valence-electron chi connectivity index (χ1n) is 7.67. The molecule has 0 aliphatic carbocycles. The standard InChI is InChI=1S/C19H17N3O2S/c1-22(2)19(23)15-10-6-7-11-16(15)25-18-17(20-12-13-21-18)24-14-8-4-3-5-9-14/h3-13H,1-2H3. The van der Waals surface area contributed by atoms with Crippen molar-refractivity contribution < 1.29 is 9.53 Å². The molecule has 3 aromatic rings. The van der Waals surface area contributed by atoms with Crippen LogP contribution in [-0.2, 0) is 0 Å². The topological polar surface area (TPSA) is 55.3 Å². The summed E-state index contributed by atoms with van der Waals surface area (Å²) in [4.78, 5) is 23.4. The molecule has 0 atom stereocenters. The van der Waals surface area contributed by atoms with Gasteiger partial charge in [-0.3, -0.25) is 4.79 Å². The van der Waals surface area contributed by atoms with Crippen LogP contribution >= 0.6 is 11.8 Å². The highest BCUT2D eigenvalue weighted by Crippen LogP contribution is 2.35. The van der Waals surface area contributed by atoms with Crippen LogP contribution in [0.25, 0.3) is 0 Å². The van der Waals surface area contributed by atoms with Crippen LogP contribution in [0, 0.1) is 0 Å². The molecule has 1 amide bonds. The summed E-state index contributed by atoms with van der Waals surface area (Å²) in [5, 5.41) is 0.602. The van der Waals surface area contributed by atoms with Crippen molar-refractivity contribution in [2.24, 2.45) is 0 Å². The van der Waals surface area contributed by atoms with E-state index in [1.807, 2.05) is 48.5 Å². The van der Waals surface area contributed by atoms with E-state index < -0.39 is 0 Å². The second-order valence-electron chi connectivity index (χ2n) is 5.38. The van der Waals surface area contributed by atoms with Crippen molar-refractivity contribution >= 4 is 17.7 Å². The number of benzene rings is 2. The summed E-state index contributed by atoms with van der Waals surface area (Å²) in [5.41, 5.74) is 0.619. The SMILES string of the molecule is CN(C)C(=O)c1ccccc1Sc1nccnc1Oc1ccccc1. The van der Waals surface area contributed by atoms with Gasteiger partial charge in [-0.1, -0.05) is 42.1 Å². The number of aromatic nitrogens is 2. The molecule has 0 saturated heterocycles. The third-order valence-corrected chi connectivity index (χ3v) is 4.37. The average molecular weight is 351 g/mol. The Morgan fingerprint density at radius 3 is 2.40 bits per heavy atom. The number of para-hydroxylation sites is 1. The van der Waals surface area contributed by atoms with Gasteiger partial charge in [0.25, 0.3) is 11.8 Å². The van der Waals surface area contributed by atoms with Crippen LogP contribution in [-0.4, -0.2) is 34.9 Å². The van der Waals surface area contributed by atoms with Gasteiger partial charge in [0.1, 0.15) is 5.75 Å². The molecule has 5 nitrogen and oxygen atoms in total. The molecular formula is C19H17N3O2S. The van der Waals surface area contributed by atoms with E-state index in [1.54, 1.807) is 37.5 Å². The first-order valence-corrected chi connectivity index (χ1v) is 8.49. The van der Waals surface area contributed by atoms with Gasteiger partial charge < -0.3 is 9.64 Å². The lowest BCUT2D eigenvalue weighted by Gasteiger charge is -2.14. The summed E-state index contributed by atoms with van der Waals surface area (Å²) < 4.78 is 5.84. The molecule has 0 radical (unpaired) electrons. The van der Waals surface area contributed by atoms with Gasteiger partial charge in [-0.15, -0.1) is 0 Å². The molecule has 126 valence electrons. The lowest BCUT2D eigenvalue weighted by Crippen LogP contribution is -2.22. The minimum atomic E-state index is -0.0579. The van der Waals surface area contributed by atoms with Crippen LogP contribution in [0.5, 0.6) is 11.6 Å². The lowest BCUT2D eigenvalue weighted by molar-refractivity contribution is 0.0824. The summed E-state index contributed by atoms with van der Waals surface area (Å²) in [6.07, 6.45) is 3.19. The van der Waals surface area contributed by atoms with Crippen molar-refractivity contribution in [1.82, 2.24) is 14.9 Å². The van der Waals surface area contributed by atoms with Crippen LogP contribution in [0.1, 0.15) is 10.4 Å². The monoisotopic (exact) mass is 351 g/mol. The van der Waals surface area contributed by atoms with E-state index in [9.17, 15) is 4.79 Å². The molecule has 25 heavy (non-hydrogen) atoms. The third kappa shape index (κ3) is 4.16. The van der Waals surface area contributed by atoms with Gasteiger partial charge in [0.15, 0.2) is 5.03 Å². The molecular weight excluding hydrogens is 334 g/mol. The van der Waals surface area contributed by atoms with Crippen LogP contribution in [0.15, 0.2) is 76.9 Å².